The van der Waals surface area contributed by atoms with Gasteiger partial charge in [-0.1, -0.05) is 54.6 Å². The van der Waals surface area contributed by atoms with Crippen LogP contribution in [0.5, 0.6) is 0 Å². The number of hydrogen-bond acceptors (Lipinski definition) is 4. The third-order valence-corrected chi connectivity index (χ3v) is 4.67. The lowest BCUT2D eigenvalue weighted by atomic mass is 9.93. The third-order valence-electron chi connectivity index (χ3n) is 4.15. The molecule has 0 heterocycles. The van der Waals surface area contributed by atoms with E-state index in [0.717, 1.165) is 12.0 Å². The monoisotopic (exact) mass is 379 g/mol. The average Bonchev–Trinajstić information content (AvgIpc) is 2.61. The van der Waals surface area contributed by atoms with Gasteiger partial charge in [0.25, 0.3) is 0 Å². The van der Waals surface area contributed by atoms with Gasteiger partial charge in [-0.15, -0.1) is 0 Å². The van der Waals surface area contributed by atoms with Crippen molar-refractivity contribution in [3.8, 4) is 0 Å². The maximum Gasteiger partial charge on any atom is 0.350 e. The van der Waals surface area contributed by atoms with Crippen molar-refractivity contribution < 1.29 is 24.2 Å². The summed E-state index contributed by atoms with van der Waals surface area (Å²) < 4.78 is 15.8. The molecule has 7 heteroatoms. The van der Waals surface area contributed by atoms with Crippen molar-refractivity contribution in [2.75, 3.05) is 19.6 Å². The van der Waals surface area contributed by atoms with Crippen molar-refractivity contribution in [1.82, 2.24) is 0 Å². The Morgan fingerprint density at radius 2 is 1.54 bits per heavy atom. The van der Waals surface area contributed by atoms with Crippen LogP contribution < -0.4 is 5.73 Å². The van der Waals surface area contributed by atoms with Crippen LogP contribution in [-0.4, -0.2) is 40.0 Å². The van der Waals surface area contributed by atoms with Gasteiger partial charge in [-0.05, 0) is 36.0 Å². The smallest absolute Gasteiger partial charge is 0.350 e. The van der Waals surface area contributed by atoms with Crippen LogP contribution in [0.25, 0.3) is 0 Å². The molecule has 142 valence electrons. The van der Waals surface area contributed by atoms with E-state index in [4.69, 9.17) is 20.3 Å². The second kappa shape index (κ2) is 9.42. The highest BCUT2D eigenvalue weighted by molar-refractivity contribution is 7.51. The zero-order valence-electron chi connectivity index (χ0n) is 14.6. The molecule has 0 amide bonds. The minimum Gasteiger partial charge on any atom is -0.394 e. The minimum atomic E-state index is -4.23. The van der Waals surface area contributed by atoms with E-state index in [9.17, 15) is 9.67 Å². The van der Waals surface area contributed by atoms with E-state index in [-0.39, 0.29) is 13.2 Å². The quantitative estimate of drug-likeness (QED) is 0.470. The molecule has 26 heavy (non-hydrogen) atoms. The fraction of sp³-hybridized carbons (Fsp3) is 0.368. The molecule has 0 aliphatic rings. The molecular weight excluding hydrogens is 353 g/mol. The normalized spacial score (nSPS) is 14.2. The molecule has 0 radical (unpaired) electrons. The van der Waals surface area contributed by atoms with Crippen LogP contribution in [0.2, 0.25) is 0 Å². The van der Waals surface area contributed by atoms with Gasteiger partial charge in [0.1, 0.15) is 6.35 Å². The molecular formula is C19H26NO5P. The van der Waals surface area contributed by atoms with E-state index in [2.05, 4.69) is 24.3 Å². The van der Waals surface area contributed by atoms with Crippen molar-refractivity contribution in [3.05, 3.63) is 71.3 Å². The Kier molecular flexibility index (Phi) is 7.53. The molecule has 0 spiro atoms. The highest BCUT2D eigenvalue weighted by Gasteiger charge is 2.26. The Balaban J connectivity index is 1.86. The maximum absolute atomic E-state index is 10.8. The molecule has 1 atom stereocenters. The van der Waals surface area contributed by atoms with Crippen LogP contribution in [0.1, 0.15) is 23.1 Å². The second-order valence-corrected chi connectivity index (χ2v) is 8.23. The molecule has 1 unspecified atom stereocenters. The first-order valence-corrected chi connectivity index (χ1v) is 10.2. The number of aliphatic hydroxyl groups is 1. The number of nitrogens with two attached hydrogens (primary N) is 1. The van der Waals surface area contributed by atoms with Gasteiger partial charge in [0.15, 0.2) is 0 Å². The predicted octanol–water partition coefficient (Wildman–Crippen LogP) is 2.05. The molecule has 0 aliphatic heterocycles. The summed E-state index contributed by atoms with van der Waals surface area (Å²) in [5, 5.41) is 9.50. The molecule has 0 saturated carbocycles. The van der Waals surface area contributed by atoms with Crippen LogP contribution in [0.4, 0.5) is 0 Å². The molecule has 0 saturated heterocycles. The summed E-state index contributed by atoms with van der Waals surface area (Å²) in [6, 6.07) is 18.4. The van der Waals surface area contributed by atoms with Gasteiger partial charge in [-0.2, -0.15) is 0 Å². The van der Waals surface area contributed by atoms with E-state index in [1.54, 1.807) is 0 Å². The van der Waals surface area contributed by atoms with Crippen molar-refractivity contribution in [3.63, 3.8) is 0 Å². The zero-order valence-corrected chi connectivity index (χ0v) is 15.5. The number of ether oxygens (including phenoxy) is 1. The molecule has 0 bridgehead atoms. The van der Waals surface area contributed by atoms with E-state index in [0.29, 0.717) is 12.8 Å². The predicted molar refractivity (Wildman–Crippen MR) is 101 cm³/mol. The van der Waals surface area contributed by atoms with Crippen molar-refractivity contribution >= 4 is 7.60 Å². The summed E-state index contributed by atoms with van der Waals surface area (Å²) in [5.41, 5.74) is 8.60. The topological polar surface area (TPSA) is 113 Å². The molecule has 2 aromatic rings. The van der Waals surface area contributed by atoms with Gasteiger partial charge in [0.2, 0.25) is 0 Å². The van der Waals surface area contributed by atoms with Crippen LogP contribution in [0.3, 0.4) is 0 Å². The highest BCUT2D eigenvalue weighted by Crippen LogP contribution is 2.34. The van der Waals surface area contributed by atoms with Gasteiger partial charge in [0.05, 0.1) is 18.8 Å². The Morgan fingerprint density at radius 3 is 2.12 bits per heavy atom. The minimum absolute atomic E-state index is 0.110. The van der Waals surface area contributed by atoms with Gasteiger partial charge in [-0.3, -0.25) is 4.57 Å². The van der Waals surface area contributed by atoms with Gasteiger partial charge < -0.3 is 25.4 Å². The Hall–Kier alpha value is -1.53. The lowest BCUT2D eigenvalue weighted by Crippen LogP contribution is -2.48. The van der Waals surface area contributed by atoms with E-state index >= 15 is 0 Å². The molecule has 0 fully saturated rings. The number of aliphatic hydroxyl groups excluding tert-OH is 1. The maximum atomic E-state index is 10.8. The van der Waals surface area contributed by atoms with Crippen molar-refractivity contribution in [2.45, 2.75) is 24.8 Å². The van der Waals surface area contributed by atoms with Crippen LogP contribution >= 0.6 is 7.60 Å². The Bertz CT molecular complexity index is 716. The SMILES string of the molecule is NC(CO)(CCc1ccc(Cc2ccccc2)cc1)COCP(=O)(O)O. The van der Waals surface area contributed by atoms with Gasteiger partial charge in [0, 0.05) is 0 Å². The number of rotatable bonds is 10. The number of benzene rings is 2. The molecule has 6 nitrogen and oxygen atoms in total. The van der Waals surface area contributed by atoms with Crippen molar-refractivity contribution in [1.29, 1.82) is 0 Å². The number of hydrogen-bond donors (Lipinski definition) is 4. The van der Waals surface area contributed by atoms with Gasteiger partial charge in [-0.25, -0.2) is 0 Å². The zero-order chi connectivity index (χ0) is 19.0. The Labute approximate surface area is 153 Å². The second-order valence-electron chi connectivity index (χ2n) is 6.64. The van der Waals surface area contributed by atoms with E-state index in [1.165, 1.54) is 11.1 Å². The summed E-state index contributed by atoms with van der Waals surface area (Å²) in [7, 11) is -4.23. The lowest BCUT2D eigenvalue weighted by molar-refractivity contribution is 0.0655. The van der Waals surface area contributed by atoms with Crippen LogP contribution in [0, 0.1) is 0 Å². The molecule has 0 aromatic heterocycles. The standard InChI is InChI=1S/C19H26NO5P/c20-19(13-21,14-25-15-26(22,23)24)11-10-16-6-8-18(9-7-16)12-17-4-2-1-3-5-17/h1-9,21H,10-15,20H2,(H2,22,23,24). The lowest BCUT2D eigenvalue weighted by Gasteiger charge is -2.27. The first-order chi connectivity index (χ1) is 12.3. The summed E-state index contributed by atoms with van der Waals surface area (Å²) in [5.74, 6) is 0. The molecule has 2 rings (SSSR count). The van der Waals surface area contributed by atoms with E-state index < -0.39 is 19.5 Å². The summed E-state index contributed by atoms with van der Waals surface area (Å²) in [6.07, 6.45) is 1.26. The number of aryl methyl sites for hydroxylation is 1. The van der Waals surface area contributed by atoms with Crippen LogP contribution in [0.15, 0.2) is 54.6 Å². The summed E-state index contributed by atoms with van der Waals surface area (Å²) in [6.45, 7) is -0.430. The molecule has 0 aliphatic carbocycles. The first-order valence-electron chi connectivity index (χ1n) is 8.43. The molecule has 5 N–H and O–H groups in total. The Morgan fingerprint density at radius 1 is 0.962 bits per heavy atom. The molecule has 2 aromatic carbocycles. The fourth-order valence-electron chi connectivity index (χ4n) is 2.61. The average molecular weight is 379 g/mol. The summed E-state index contributed by atoms with van der Waals surface area (Å²) >= 11 is 0. The van der Waals surface area contributed by atoms with Gasteiger partial charge >= 0.3 is 7.60 Å². The van der Waals surface area contributed by atoms with Crippen LogP contribution in [-0.2, 0) is 22.1 Å². The summed E-state index contributed by atoms with van der Waals surface area (Å²) in [4.78, 5) is 17.6. The fourth-order valence-corrected chi connectivity index (χ4v) is 2.94. The third kappa shape index (κ3) is 7.38. The highest BCUT2D eigenvalue weighted by atomic mass is 31.2. The first kappa shape index (κ1) is 20.8. The van der Waals surface area contributed by atoms with E-state index in [1.807, 2.05) is 30.3 Å². The largest absolute Gasteiger partial charge is 0.394 e. The van der Waals surface area contributed by atoms with Crippen molar-refractivity contribution in [2.24, 2.45) is 5.73 Å².